The van der Waals surface area contributed by atoms with Gasteiger partial charge in [-0.15, -0.1) is 0 Å². The van der Waals surface area contributed by atoms with Gasteiger partial charge in [-0.3, -0.25) is 0 Å². The fraction of sp³-hybridized carbons (Fsp3) is 0.625. The SMILES string of the molecule is CC(C)CNCC1(c2cccc(Br)c2)CCC1C. The zero-order valence-corrected chi connectivity index (χ0v) is 13.3. The maximum atomic E-state index is 3.66. The fourth-order valence-corrected chi connectivity index (χ4v) is 3.36. The van der Waals surface area contributed by atoms with Gasteiger partial charge < -0.3 is 5.32 Å². The third-order valence-corrected chi connectivity index (χ3v) is 4.85. The van der Waals surface area contributed by atoms with Gasteiger partial charge in [0, 0.05) is 16.4 Å². The highest BCUT2D eigenvalue weighted by atomic mass is 79.9. The van der Waals surface area contributed by atoms with Gasteiger partial charge in [0.15, 0.2) is 0 Å². The van der Waals surface area contributed by atoms with Crippen LogP contribution in [0.25, 0.3) is 0 Å². The molecule has 0 bridgehead atoms. The Kier molecular flexibility index (Phi) is 4.50. The molecule has 2 unspecified atom stereocenters. The molecule has 1 aliphatic rings. The maximum Gasteiger partial charge on any atom is 0.0178 e. The van der Waals surface area contributed by atoms with Gasteiger partial charge in [0.05, 0.1) is 0 Å². The second-order valence-corrected chi connectivity index (χ2v) is 7.05. The van der Waals surface area contributed by atoms with Crippen LogP contribution in [0.4, 0.5) is 0 Å². The molecule has 1 N–H and O–H groups in total. The molecule has 1 aromatic rings. The first kappa shape index (κ1) is 14.1. The molecular formula is C16H24BrN. The van der Waals surface area contributed by atoms with E-state index in [-0.39, 0.29) is 0 Å². The van der Waals surface area contributed by atoms with E-state index in [9.17, 15) is 0 Å². The van der Waals surface area contributed by atoms with Crippen LogP contribution < -0.4 is 5.32 Å². The first-order chi connectivity index (χ1) is 8.54. The normalized spacial score (nSPS) is 27.3. The summed E-state index contributed by atoms with van der Waals surface area (Å²) in [7, 11) is 0. The first-order valence-electron chi connectivity index (χ1n) is 7.01. The molecule has 0 radical (unpaired) electrons. The Morgan fingerprint density at radius 3 is 2.72 bits per heavy atom. The zero-order valence-electron chi connectivity index (χ0n) is 11.7. The van der Waals surface area contributed by atoms with E-state index in [0.29, 0.717) is 5.41 Å². The van der Waals surface area contributed by atoms with Gasteiger partial charge >= 0.3 is 0 Å². The van der Waals surface area contributed by atoms with Crippen molar-refractivity contribution in [3.63, 3.8) is 0 Å². The predicted molar refractivity (Wildman–Crippen MR) is 81.9 cm³/mol. The Morgan fingerprint density at radius 2 is 2.22 bits per heavy atom. The van der Waals surface area contributed by atoms with Crippen molar-refractivity contribution in [2.45, 2.75) is 39.0 Å². The van der Waals surface area contributed by atoms with E-state index in [1.165, 1.54) is 22.9 Å². The molecule has 1 aliphatic carbocycles. The second-order valence-electron chi connectivity index (χ2n) is 6.13. The van der Waals surface area contributed by atoms with E-state index in [4.69, 9.17) is 0 Å². The molecule has 0 heterocycles. The lowest BCUT2D eigenvalue weighted by Crippen LogP contribution is -2.50. The molecule has 0 saturated heterocycles. The van der Waals surface area contributed by atoms with Crippen LogP contribution in [0.3, 0.4) is 0 Å². The third-order valence-electron chi connectivity index (χ3n) is 4.36. The Hall–Kier alpha value is -0.340. The average molecular weight is 310 g/mol. The summed E-state index contributed by atoms with van der Waals surface area (Å²) in [6.45, 7) is 9.15. The number of halogens is 1. The van der Waals surface area contributed by atoms with Crippen molar-refractivity contribution in [3.8, 4) is 0 Å². The number of hydrogen-bond donors (Lipinski definition) is 1. The summed E-state index contributed by atoms with van der Waals surface area (Å²) in [6.07, 6.45) is 2.67. The van der Waals surface area contributed by atoms with Gasteiger partial charge in [-0.1, -0.05) is 48.8 Å². The van der Waals surface area contributed by atoms with Crippen LogP contribution in [-0.2, 0) is 5.41 Å². The molecule has 0 spiro atoms. The molecule has 0 amide bonds. The molecule has 1 aromatic carbocycles. The largest absolute Gasteiger partial charge is 0.316 e. The van der Waals surface area contributed by atoms with Crippen molar-refractivity contribution in [2.24, 2.45) is 11.8 Å². The van der Waals surface area contributed by atoms with Crippen LogP contribution in [-0.4, -0.2) is 13.1 Å². The molecule has 2 heteroatoms. The van der Waals surface area contributed by atoms with E-state index >= 15 is 0 Å². The van der Waals surface area contributed by atoms with Crippen LogP contribution in [0.1, 0.15) is 39.2 Å². The number of benzene rings is 1. The van der Waals surface area contributed by atoms with E-state index < -0.39 is 0 Å². The lowest BCUT2D eigenvalue weighted by Gasteiger charge is -2.49. The highest BCUT2D eigenvalue weighted by molar-refractivity contribution is 9.10. The van der Waals surface area contributed by atoms with E-state index in [0.717, 1.165) is 24.9 Å². The van der Waals surface area contributed by atoms with Gasteiger partial charge in [-0.05, 0) is 48.9 Å². The quantitative estimate of drug-likeness (QED) is 0.852. The molecular weight excluding hydrogens is 286 g/mol. The van der Waals surface area contributed by atoms with Crippen molar-refractivity contribution in [1.29, 1.82) is 0 Å². The minimum Gasteiger partial charge on any atom is -0.316 e. The maximum absolute atomic E-state index is 3.66. The van der Waals surface area contributed by atoms with Crippen LogP contribution >= 0.6 is 15.9 Å². The molecule has 1 saturated carbocycles. The average Bonchev–Trinajstić information content (AvgIpc) is 2.32. The fourth-order valence-electron chi connectivity index (χ4n) is 2.96. The Labute approximate surface area is 119 Å². The van der Waals surface area contributed by atoms with Crippen molar-refractivity contribution in [3.05, 3.63) is 34.3 Å². The monoisotopic (exact) mass is 309 g/mol. The Bertz CT molecular complexity index is 402. The molecule has 2 atom stereocenters. The van der Waals surface area contributed by atoms with E-state index in [1.54, 1.807) is 0 Å². The number of hydrogen-bond acceptors (Lipinski definition) is 1. The van der Waals surface area contributed by atoms with Gasteiger partial charge in [-0.25, -0.2) is 0 Å². The van der Waals surface area contributed by atoms with E-state index in [1.807, 2.05) is 0 Å². The van der Waals surface area contributed by atoms with Crippen LogP contribution in [0, 0.1) is 11.8 Å². The standard InChI is InChI=1S/C16H24BrN/c1-12(2)10-18-11-16(8-7-13(16)3)14-5-4-6-15(17)9-14/h4-6,9,12-13,18H,7-8,10-11H2,1-3H3. The van der Waals surface area contributed by atoms with Gasteiger partial charge in [0.1, 0.15) is 0 Å². The highest BCUT2D eigenvalue weighted by Crippen LogP contribution is 2.48. The molecule has 18 heavy (non-hydrogen) atoms. The summed E-state index contributed by atoms with van der Waals surface area (Å²) < 4.78 is 1.20. The van der Waals surface area contributed by atoms with Gasteiger partial charge in [-0.2, -0.15) is 0 Å². The lowest BCUT2D eigenvalue weighted by atomic mass is 9.57. The summed E-state index contributed by atoms with van der Waals surface area (Å²) in [5, 5.41) is 3.66. The summed E-state index contributed by atoms with van der Waals surface area (Å²) in [5.41, 5.74) is 1.85. The van der Waals surface area contributed by atoms with Crippen LogP contribution in [0.2, 0.25) is 0 Å². The molecule has 1 nitrogen and oxygen atoms in total. The second kappa shape index (κ2) is 5.75. The topological polar surface area (TPSA) is 12.0 Å². The predicted octanol–water partition coefficient (Wildman–Crippen LogP) is 4.36. The Morgan fingerprint density at radius 1 is 1.44 bits per heavy atom. The smallest absolute Gasteiger partial charge is 0.0178 e. The van der Waals surface area contributed by atoms with Gasteiger partial charge in [0.2, 0.25) is 0 Å². The summed E-state index contributed by atoms with van der Waals surface area (Å²) in [6, 6.07) is 8.86. The Balaban J connectivity index is 2.12. The summed E-state index contributed by atoms with van der Waals surface area (Å²) in [5.74, 6) is 1.51. The molecule has 0 aliphatic heterocycles. The summed E-state index contributed by atoms with van der Waals surface area (Å²) >= 11 is 3.60. The molecule has 1 fully saturated rings. The van der Waals surface area contributed by atoms with Crippen LogP contribution in [0.15, 0.2) is 28.7 Å². The minimum absolute atomic E-state index is 0.360. The molecule has 0 aromatic heterocycles. The zero-order chi connectivity index (χ0) is 13.2. The third kappa shape index (κ3) is 2.80. The molecule has 2 rings (SSSR count). The minimum atomic E-state index is 0.360. The lowest BCUT2D eigenvalue weighted by molar-refractivity contribution is 0.133. The first-order valence-corrected chi connectivity index (χ1v) is 7.80. The van der Waals surface area contributed by atoms with E-state index in [2.05, 4.69) is 66.3 Å². The molecule has 100 valence electrons. The highest BCUT2D eigenvalue weighted by Gasteiger charge is 2.44. The van der Waals surface area contributed by atoms with Gasteiger partial charge in [0.25, 0.3) is 0 Å². The summed E-state index contributed by atoms with van der Waals surface area (Å²) in [4.78, 5) is 0. The van der Waals surface area contributed by atoms with Crippen molar-refractivity contribution in [1.82, 2.24) is 5.32 Å². The van der Waals surface area contributed by atoms with Crippen molar-refractivity contribution >= 4 is 15.9 Å². The number of nitrogens with one attached hydrogen (secondary N) is 1. The van der Waals surface area contributed by atoms with Crippen molar-refractivity contribution < 1.29 is 0 Å². The van der Waals surface area contributed by atoms with Crippen molar-refractivity contribution in [2.75, 3.05) is 13.1 Å². The van der Waals surface area contributed by atoms with Crippen LogP contribution in [0.5, 0.6) is 0 Å². The number of rotatable bonds is 5.